The van der Waals surface area contributed by atoms with Gasteiger partial charge in [-0.15, -0.1) is 0 Å². The van der Waals surface area contributed by atoms with E-state index in [0.717, 1.165) is 11.7 Å². The summed E-state index contributed by atoms with van der Waals surface area (Å²) in [6.45, 7) is 8.53. The molecular weight excluding hydrogens is 385 g/mol. The number of rotatable bonds is 13. The maximum atomic E-state index is 14.3. The molecule has 0 aliphatic rings. The zero-order chi connectivity index (χ0) is 21.9. The lowest BCUT2D eigenvalue weighted by Crippen LogP contribution is -2.34. The van der Waals surface area contributed by atoms with Gasteiger partial charge in [-0.05, 0) is 12.0 Å². The fraction of sp³-hybridized carbons (Fsp3) is 0.556. The van der Waals surface area contributed by atoms with E-state index >= 15 is 0 Å². The Labute approximate surface area is 185 Å². The fourth-order valence-electron chi connectivity index (χ4n) is 3.99. The van der Waals surface area contributed by atoms with Crippen LogP contribution in [-0.4, -0.2) is 5.16 Å². The summed E-state index contributed by atoms with van der Waals surface area (Å²) in [4.78, 5) is 0. The van der Waals surface area contributed by atoms with E-state index in [2.05, 4.69) is 63.1 Å². The van der Waals surface area contributed by atoms with Crippen LogP contribution in [0.4, 0.5) is 0 Å². The number of unbranched alkanes of at least 4 members (excludes halogenated alkanes) is 7. The highest BCUT2D eigenvalue weighted by Gasteiger charge is 2.39. The first-order valence-electron chi connectivity index (χ1n) is 11.9. The molecule has 0 radical (unpaired) electrons. The van der Waals surface area contributed by atoms with Crippen molar-refractivity contribution in [2.75, 3.05) is 0 Å². The predicted molar refractivity (Wildman–Crippen MR) is 133 cm³/mol. The van der Waals surface area contributed by atoms with Crippen LogP contribution in [0.2, 0.25) is 0 Å². The first-order chi connectivity index (χ1) is 14.4. The van der Waals surface area contributed by atoms with E-state index in [1.165, 1.54) is 56.9 Å². The topological polar surface area (TPSA) is 29.1 Å². The van der Waals surface area contributed by atoms with Crippen molar-refractivity contribution in [1.29, 1.82) is 0 Å². The summed E-state index contributed by atoms with van der Waals surface area (Å²) in [5.74, 6) is 0. The van der Waals surface area contributed by atoms with E-state index in [-0.39, 0.29) is 11.2 Å². The van der Waals surface area contributed by atoms with Gasteiger partial charge in [0.25, 0.3) is 0 Å². The summed E-state index contributed by atoms with van der Waals surface area (Å²) in [6, 6.07) is 20.7. The molecule has 2 nitrogen and oxygen atoms in total. The van der Waals surface area contributed by atoms with Crippen molar-refractivity contribution < 1.29 is 4.57 Å². The predicted octanol–water partition coefficient (Wildman–Crippen LogP) is 8.25. The monoisotopic (exact) mass is 427 g/mol. The zero-order valence-corrected chi connectivity index (χ0v) is 20.5. The Kier molecular flexibility index (Phi) is 10.4. The van der Waals surface area contributed by atoms with Gasteiger partial charge in [-0.1, -0.05) is 140 Å². The molecular formula is C27H42NOP. The van der Waals surface area contributed by atoms with Crippen molar-refractivity contribution in [2.24, 2.45) is 0 Å². The quantitative estimate of drug-likeness (QED) is 0.257. The molecule has 2 aromatic rings. The lowest BCUT2D eigenvalue weighted by molar-refractivity contribution is 0.492. The van der Waals surface area contributed by atoms with E-state index in [1.807, 2.05) is 30.3 Å². The van der Waals surface area contributed by atoms with Gasteiger partial charge < -0.3 is 4.57 Å². The van der Waals surface area contributed by atoms with Gasteiger partial charge >= 0.3 is 0 Å². The van der Waals surface area contributed by atoms with Crippen LogP contribution < -0.4 is 10.4 Å². The number of hydrogen-bond acceptors (Lipinski definition) is 1. The second kappa shape index (κ2) is 12.5. The molecule has 2 rings (SSSR count). The Bertz CT molecular complexity index is 751. The average Bonchev–Trinajstić information content (AvgIpc) is 2.75. The standard InChI is InChI=1S/C27H42NOP/c1-5-6-7-8-9-10-11-18-23-26(24-19-14-12-15-20-24)28-30(29,27(2,3)4)25-21-16-13-17-22-25/h12-17,19-22,26H,5-11,18,23H2,1-4H3,(H,28,29)/t26-,30?/m0/s1. The van der Waals surface area contributed by atoms with E-state index in [4.69, 9.17) is 0 Å². The highest BCUT2D eigenvalue weighted by Crippen LogP contribution is 2.55. The van der Waals surface area contributed by atoms with Gasteiger partial charge in [-0.25, -0.2) is 0 Å². The Morgan fingerprint density at radius 3 is 1.80 bits per heavy atom. The molecule has 0 saturated carbocycles. The van der Waals surface area contributed by atoms with E-state index < -0.39 is 7.29 Å². The van der Waals surface area contributed by atoms with Gasteiger partial charge in [-0.3, -0.25) is 5.09 Å². The fourth-order valence-corrected chi connectivity index (χ4v) is 6.61. The van der Waals surface area contributed by atoms with Crippen LogP contribution in [0.15, 0.2) is 60.7 Å². The lowest BCUT2D eigenvalue weighted by Gasteiger charge is -2.36. The molecule has 1 unspecified atom stereocenters. The molecule has 2 aromatic carbocycles. The number of benzene rings is 2. The van der Waals surface area contributed by atoms with Crippen molar-refractivity contribution in [3.63, 3.8) is 0 Å². The minimum Gasteiger partial charge on any atom is -0.301 e. The molecule has 0 aliphatic carbocycles. The number of nitrogens with one attached hydrogen (secondary N) is 1. The minimum absolute atomic E-state index is 0.108. The third-order valence-corrected chi connectivity index (χ3v) is 9.54. The van der Waals surface area contributed by atoms with Gasteiger partial charge in [0.1, 0.15) is 0 Å². The van der Waals surface area contributed by atoms with Crippen LogP contribution >= 0.6 is 7.29 Å². The van der Waals surface area contributed by atoms with Gasteiger partial charge in [0, 0.05) is 16.5 Å². The molecule has 3 heteroatoms. The molecule has 0 amide bonds. The maximum Gasteiger partial charge on any atom is 0.181 e. The highest BCUT2D eigenvalue weighted by atomic mass is 31.2. The van der Waals surface area contributed by atoms with Gasteiger partial charge in [0.2, 0.25) is 0 Å². The Balaban J connectivity index is 2.08. The summed E-state index contributed by atoms with van der Waals surface area (Å²) in [5, 5.41) is 4.26. The first kappa shape index (κ1) is 24.9. The summed E-state index contributed by atoms with van der Waals surface area (Å²) in [6.07, 6.45) is 11.5. The molecule has 0 spiro atoms. The SMILES string of the molecule is CCCCCCCCCC[C@H](NP(=O)(c1ccccc1)C(C)(C)C)c1ccccc1. The molecule has 30 heavy (non-hydrogen) atoms. The number of hydrogen-bond donors (Lipinski definition) is 1. The van der Waals surface area contributed by atoms with Gasteiger partial charge in [-0.2, -0.15) is 0 Å². The van der Waals surface area contributed by atoms with Crippen LogP contribution in [0, 0.1) is 0 Å². The van der Waals surface area contributed by atoms with Gasteiger partial charge in [0.15, 0.2) is 7.29 Å². The average molecular weight is 428 g/mol. The molecule has 0 aliphatic heterocycles. The molecule has 0 heterocycles. The lowest BCUT2D eigenvalue weighted by atomic mass is 10.0. The molecule has 0 aromatic heterocycles. The Morgan fingerprint density at radius 2 is 1.27 bits per heavy atom. The van der Waals surface area contributed by atoms with E-state index in [1.54, 1.807) is 0 Å². The van der Waals surface area contributed by atoms with Crippen LogP contribution in [0.5, 0.6) is 0 Å². The van der Waals surface area contributed by atoms with Crippen molar-refractivity contribution in [3.8, 4) is 0 Å². The Hall–Kier alpha value is -1.37. The van der Waals surface area contributed by atoms with Crippen LogP contribution in [0.1, 0.15) is 97.1 Å². The maximum absolute atomic E-state index is 14.3. The summed E-state index contributed by atoms with van der Waals surface area (Å²) >= 11 is 0. The third-order valence-electron chi connectivity index (χ3n) is 5.95. The summed E-state index contributed by atoms with van der Waals surface area (Å²) in [5.41, 5.74) is 1.24. The molecule has 1 N–H and O–H groups in total. The third kappa shape index (κ3) is 7.40. The van der Waals surface area contributed by atoms with Crippen molar-refractivity contribution in [1.82, 2.24) is 5.09 Å². The van der Waals surface area contributed by atoms with E-state index in [9.17, 15) is 4.57 Å². The summed E-state index contributed by atoms with van der Waals surface area (Å²) < 4.78 is 14.3. The molecule has 166 valence electrons. The molecule has 2 atom stereocenters. The van der Waals surface area contributed by atoms with Crippen LogP contribution in [0.3, 0.4) is 0 Å². The van der Waals surface area contributed by atoms with E-state index in [0.29, 0.717) is 0 Å². The second-order valence-corrected chi connectivity index (χ2v) is 12.8. The highest BCUT2D eigenvalue weighted by molar-refractivity contribution is 7.71. The largest absolute Gasteiger partial charge is 0.301 e. The van der Waals surface area contributed by atoms with Crippen LogP contribution in [-0.2, 0) is 4.57 Å². The normalized spacial score (nSPS) is 14.9. The zero-order valence-electron chi connectivity index (χ0n) is 19.6. The Morgan fingerprint density at radius 1 is 0.767 bits per heavy atom. The summed E-state index contributed by atoms with van der Waals surface area (Å²) in [7, 11) is -2.80. The van der Waals surface area contributed by atoms with Crippen molar-refractivity contribution in [2.45, 2.75) is 96.7 Å². The molecule has 0 saturated heterocycles. The van der Waals surface area contributed by atoms with Crippen molar-refractivity contribution in [3.05, 3.63) is 66.2 Å². The minimum atomic E-state index is -2.80. The van der Waals surface area contributed by atoms with Crippen LogP contribution in [0.25, 0.3) is 0 Å². The smallest absolute Gasteiger partial charge is 0.181 e. The van der Waals surface area contributed by atoms with Crippen molar-refractivity contribution >= 4 is 12.6 Å². The van der Waals surface area contributed by atoms with Gasteiger partial charge in [0.05, 0.1) is 0 Å². The molecule has 0 bridgehead atoms. The second-order valence-electron chi connectivity index (χ2n) is 9.47. The molecule has 0 fully saturated rings. The first-order valence-corrected chi connectivity index (χ1v) is 13.6.